The van der Waals surface area contributed by atoms with E-state index in [-0.39, 0.29) is 5.75 Å². The summed E-state index contributed by atoms with van der Waals surface area (Å²) in [5.74, 6) is -0.794. The smallest absolute Gasteiger partial charge is 0.406 e. The first-order valence-corrected chi connectivity index (χ1v) is 7.84. The van der Waals surface area contributed by atoms with Crippen molar-refractivity contribution in [2.75, 3.05) is 26.0 Å². The minimum Gasteiger partial charge on any atom is -0.406 e. The predicted molar refractivity (Wildman–Crippen MR) is 93.6 cm³/mol. The Bertz CT molecular complexity index is 759. The van der Waals surface area contributed by atoms with Crippen molar-refractivity contribution in [3.8, 4) is 5.75 Å². The zero-order valence-electron chi connectivity index (χ0n) is 14.4. The number of nitrogens with two attached hydrogens (primary N) is 1. The number of carbonyl (C=O) groups excluding carboxylic acids is 1. The Balaban J connectivity index is 2.15. The van der Waals surface area contributed by atoms with Gasteiger partial charge in [0.05, 0.1) is 0 Å². The van der Waals surface area contributed by atoms with Crippen molar-refractivity contribution in [3.05, 3.63) is 53.6 Å². The van der Waals surface area contributed by atoms with Gasteiger partial charge < -0.3 is 20.7 Å². The number of hydrogen-bond acceptors (Lipinski definition) is 4. The molecular formula is C18H20F3N3O2. The molecule has 2 aromatic rings. The van der Waals surface area contributed by atoms with E-state index in [0.717, 1.165) is 12.1 Å². The van der Waals surface area contributed by atoms with E-state index in [9.17, 15) is 18.0 Å². The van der Waals surface area contributed by atoms with Crippen LogP contribution < -0.4 is 15.8 Å². The molecular weight excluding hydrogens is 347 g/mol. The van der Waals surface area contributed by atoms with E-state index in [4.69, 9.17) is 5.73 Å². The summed E-state index contributed by atoms with van der Waals surface area (Å²) in [6.45, 7) is 0.743. The number of hydrogen-bond donors (Lipinski definition) is 2. The van der Waals surface area contributed by atoms with Crippen LogP contribution in [0.4, 0.5) is 24.5 Å². The topological polar surface area (TPSA) is 67.6 Å². The second-order valence-electron chi connectivity index (χ2n) is 5.99. The highest BCUT2D eigenvalue weighted by Crippen LogP contribution is 2.26. The van der Waals surface area contributed by atoms with Crippen LogP contribution in [-0.4, -0.2) is 37.8 Å². The lowest BCUT2D eigenvalue weighted by Gasteiger charge is -2.14. The van der Waals surface area contributed by atoms with Crippen LogP contribution in [0.3, 0.4) is 0 Å². The third-order valence-corrected chi connectivity index (χ3v) is 3.58. The van der Waals surface area contributed by atoms with Gasteiger partial charge in [-0.1, -0.05) is 0 Å². The highest BCUT2D eigenvalue weighted by molar-refractivity contribution is 5.95. The summed E-state index contributed by atoms with van der Waals surface area (Å²) in [7, 11) is 3.85. The zero-order chi connectivity index (χ0) is 19.3. The van der Waals surface area contributed by atoms with E-state index in [1.807, 2.05) is 25.1 Å². The number of alkyl halides is 3. The number of nitrogens with zero attached hydrogens (tertiary/aromatic N) is 1. The molecule has 0 heterocycles. The Kier molecular flexibility index (Phi) is 6.10. The van der Waals surface area contributed by atoms with Gasteiger partial charge in [-0.3, -0.25) is 4.79 Å². The maximum atomic E-state index is 12.2. The summed E-state index contributed by atoms with van der Waals surface area (Å²) in [4.78, 5) is 13.6. The predicted octanol–water partition coefficient (Wildman–Crippen LogP) is 3.53. The Hall–Kier alpha value is -2.74. The van der Waals surface area contributed by atoms with Gasteiger partial charge >= 0.3 is 6.36 Å². The van der Waals surface area contributed by atoms with Crippen molar-refractivity contribution >= 4 is 17.3 Å². The van der Waals surface area contributed by atoms with E-state index in [1.54, 1.807) is 12.1 Å². The number of halogens is 3. The largest absolute Gasteiger partial charge is 0.573 e. The molecule has 2 rings (SSSR count). The van der Waals surface area contributed by atoms with Crippen LogP contribution in [0.15, 0.2) is 42.5 Å². The summed E-state index contributed by atoms with van der Waals surface area (Å²) in [5, 5.41) is 3.09. The van der Waals surface area contributed by atoms with Crippen molar-refractivity contribution in [2.45, 2.75) is 12.8 Å². The standard InChI is InChI=1S/C18H20F3N3O2/c1-24(2)10-9-12-11-14(5-8-16(12)17(22)25)23-13-3-6-15(7-4-13)26-18(19,20)21/h3-8,11,23H,9-10H2,1-2H3,(H2,22,25). The third kappa shape index (κ3) is 5.96. The summed E-state index contributed by atoms with van der Waals surface area (Å²) in [5.41, 5.74) is 7.95. The number of nitrogens with one attached hydrogen (secondary N) is 1. The summed E-state index contributed by atoms with van der Waals surface area (Å²) >= 11 is 0. The van der Waals surface area contributed by atoms with Gasteiger partial charge in [0, 0.05) is 23.5 Å². The molecule has 0 unspecified atom stereocenters. The quantitative estimate of drug-likeness (QED) is 0.786. The highest BCUT2D eigenvalue weighted by Gasteiger charge is 2.30. The molecule has 2 aromatic carbocycles. The molecule has 140 valence electrons. The van der Waals surface area contributed by atoms with Crippen LogP contribution in [0.2, 0.25) is 0 Å². The van der Waals surface area contributed by atoms with E-state index < -0.39 is 12.3 Å². The monoisotopic (exact) mass is 367 g/mol. The van der Waals surface area contributed by atoms with Crippen LogP contribution in [0.25, 0.3) is 0 Å². The first-order valence-electron chi connectivity index (χ1n) is 7.84. The highest BCUT2D eigenvalue weighted by atomic mass is 19.4. The molecule has 0 radical (unpaired) electrons. The zero-order valence-corrected chi connectivity index (χ0v) is 14.4. The number of ether oxygens (including phenoxy) is 1. The van der Waals surface area contributed by atoms with Crippen LogP contribution >= 0.6 is 0 Å². The van der Waals surface area contributed by atoms with Crippen molar-refractivity contribution in [3.63, 3.8) is 0 Å². The number of anilines is 2. The van der Waals surface area contributed by atoms with Gasteiger partial charge in [-0.05, 0) is 68.5 Å². The Morgan fingerprint density at radius 1 is 1.12 bits per heavy atom. The molecule has 0 atom stereocenters. The molecule has 0 aliphatic carbocycles. The van der Waals surface area contributed by atoms with E-state index in [0.29, 0.717) is 23.4 Å². The summed E-state index contributed by atoms with van der Waals surface area (Å²) in [6.07, 6.45) is -4.08. The second kappa shape index (κ2) is 8.09. The van der Waals surface area contributed by atoms with Crippen molar-refractivity contribution in [2.24, 2.45) is 5.73 Å². The fourth-order valence-corrected chi connectivity index (χ4v) is 2.37. The van der Waals surface area contributed by atoms with E-state index >= 15 is 0 Å². The van der Waals surface area contributed by atoms with Gasteiger partial charge in [-0.15, -0.1) is 13.2 Å². The minimum absolute atomic E-state index is 0.293. The summed E-state index contributed by atoms with van der Waals surface area (Å²) in [6, 6.07) is 10.5. The maximum Gasteiger partial charge on any atom is 0.573 e. The molecule has 0 aromatic heterocycles. The maximum absolute atomic E-state index is 12.2. The van der Waals surface area contributed by atoms with Gasteiger partial charge in [-0.25, -0.2) is 0 Å². The van der Waals surface area contributed by atoms with Crippen molar-refractivity contribution < 1.29 is 22.7 Å². The van der Waals surface area contributed by atoms with Crippen LogP contribution in [-0.2, 0) is 6.42 Å². The lowest BCUT2D eigenvalue weighted by Crippen LogP contribution is -2.19. The van der Waals surface area contributed by atoms with E-state index in [2.05, 4.69) is 10.1 Å². The van der Waals surface area contributed by atoms with Gasteiger partial charge in [0.15, 0.2) is 0 Å². The Morgan fingerprint density at radius 3 is 2.27 bits per heavy atom. The molecule has 0 spiro atoms. The third-order valence-electron chi connectivity index (χ3n) is 3.58. The second-order valence-corrected chi connectivity index (χ2v) is 5.99. The SMILES string of the molecule is CN(C)CCc1cc(Nc2ccc(OC(F)(F)F)cc2)ccc1C(N)=O. The van der Waals surface area contributed by atoms with Crippen LogP contribution in [0.5, 0.6) is 5.75 Å². The molecule has 0 aliphatic rings. The minimum atomic E-state index is -4.72. The molecule has 8 heteroatoms. The van der Waals surface area contributed by atoms with Crippen molar-refractivity contribution in [1.29, 1.82) is 0 Å². The average molecular weight is 367 g/mol. The van der Waals surface area contributed by atoms with E-state index in [1.165, 1.54) is 24.3 Å². The average Bonchev–Trinajstić information content (AvgIpc) is 2.53. The number of rotatable bonds is 7. The molecule has 3 N–H and O–H groups in total. The van der Waals surface area contributed by atoms with Gasteiger partial charge in [0.1, 0.15) is 5.75 Å². The van der Waals surface area contributed by atoms with Crippen molar-refractivity contribution in [1.82, 2.24) is 4.90 Å². The number of amides is 1. The molecule has 1 amide bonds. The molecule has 0 bridgehead atoms. The lowest BCUT2D eigenvalue weighted by molar-refractivity contribution is -0.274. The number of benzene rings is 2. The molecule has 0 saturated carbocycles. The molecule has 0 aliphatic heterocycles. The van der Waals surface area contributed by atoms with Crippen LogP contribution in [0, 0.1) is 0 Å². The normalized spacial score (nSPS) is 11.5. The van der Waals surface area contributed by atoms with Gasteiger partial charge in [0.2, 0.25) is 5.91 Å². The Labute approximate surface area is 149 Å². The fraction of sp³-hybridized carbons (Fsp3) is 0.278. The molecule has 26 heavy (non-hydrogen) atoms. The van der Waals surface area contributed by atoms with Gasteiger partial charge in [-0.2, -0.15) is 0 Å². The number of likely N-dealkylation sites (N-methyl/N-ethyl adjacent to an activating group) is 1. The molecule has 5 nitrogen and oxygen atoms in total. The number of primary amides is 1. The number of carbonyl (C=O) groups is 1. The molecule has 0 fully saturated rings. The Morgan fingerprint density at radius 2 is 1.73 bits per heavy atom. The summed E-state index contributed by atoms with van der Waals surface area (Å²) < 4.78 is 40.4. The molecule has 0 saturated heterocycles. The first-order chi connectivity index (χ1) is 12.1. The van der Waals surface area contributed by atoms with Crippen LogP contribution in [0.1, 0.15) is 15.9 Å². The first kappa shape index (κ1) is 19.6. The van der Waals surface area contributed by atoms with Gasteiger partial charge in [0.25, 0.3) is 0 Å². The lowest BCUT2D eigenvalue weighted by atomic mass is 10.0. The fourth-order valence-electron chi connectivity index (χ4n) is 2.37.